The molecule has 1 aliphatic heterocycles. The van der Waals surface area contributed by atoms with Crippen LogP contribution >= 0.6 is 0 Å². The van der Waals surface area contributed by atoms with Crippen LogP contribution < -0.4 is 4.74 Å². The molecule has 1 aliphatic rings. The molecule has 16 heavy (non-hydrogen) atoms. The van der Waals surface area contributed by atoms with Gasteiger partial charge in [-0.15, -0.1) is 0 Å². The molecule has 4 nitrogen and oxygen atoms in total. The maximum absolute atomic E-state index is 5.79. The predicted octanol–water partition coefficient (Wildman–Crippen LogP) is 1.65. The molecule has 1 aromatic rings. The van der Waals surface area contributed by atoms with Crippen LogP contribution in [-0.2, 0) is 0 Å². The van der Waals surface area contributed by atoms with Gasteiger partial charge < -0.3 is 4.74 Å². The first kappa shape index (κ1) is 11.3. The Morgan fingerprint density at radius 1 is 1.25 bits per heavy atom. The van der Waals surface area contributed by atoms with Crippen LogP contribution in [0.15, 0.2) is 12.4 Å². The van der Waals surface area contributed by atoms with E-state index in [4.69, 9.17) is 4.74 Å². The molecule has 0 bridgehead atoms. The molecule has 88 valence electrons. The highest BCUT2D eigenvalue weighted by Crippen LogP contribution is 2.24. The van der Waals surface area contributed by atoms with Crippen LogP contribution in [0.2, 0.25) is 0 Å². The molecule has 1 aromatic heterocycles. The van der Waals surface area contributed by atoms with Crippen molar-refractivity contribution >= 4 is 0 Å². The lowest BCUT2D eigenvalue weighted by Crippen LogP contribution is -2.60. The molecule has 1 fully saturated rings. The van der Waals surface area contributed by atoms with E-state index in [-0.39, 0.29) is 11.6 Å². The Bertz CT molecular complexity index is 367. The monoisotopic (exact) mass is 221 g/mol. The minimum Gasteiger partial charge on any atom is -0.470 e. The Morgan fingerprint density at radius 2 is 1.88 bits per heavy atom. The van der Waals surface area contributed by atoms with Crippen molar-refractivity contribution in [2.75, 3.05) is 13.1 Å². The molecule has 0 amide bonds. The van der Waals surface area contributed by atoms with E-state index < -0.39 is 0 Å². The standard InChI is InChI=1S/C12H19N3O/c1-9-11(14-6-5-13-9)16-10-7-15(8-10)12(2,3)4/h5-6,10H,7-8H2,1-4H3. The van der Waals surface area contributed by atoms with Gasteiger partial charge in [-0.3, -0.25) is 9.88 Å². The van der Waals surface area contributed by atoms with Crippen LogP contribution in [0, 0.1) is 6.92 Å². The van der Waals surface area contributed by atoms with Crippen molar-refractivity contribution in [1.82, 2.24) is 14.9 Å². The summed E-state index contributed by atoms with van der Waals surface area (Å²) < 4.78 is 5.79. The second kappa shape index (κ2) is 4.01. The van der Waals surface area contributed by atoms with E-state index in [1.54, 1.807) is 12.4 Å². The normalized spacial score (nSPS) is 18.2. The first-order valence-corrected chi connectivity index (χ1v) is 5.66. The molecule has 2 heterocycles. The summed E-state index contributed by atoms with van der Waals surface area (Å²) in [5.41, 5.74) is 1.09. The Balaban J connectivity index is 1.89. The van der Waals surface area contributed by atoms with Crippen LogP contribution in [0.25, 0.3) is 0 Å². The predicted molar refractivity (Wildman–Crippen MR) is 62.5 cm³/mol. The number of hydrogen-bond donors (Lipinski definition) is 0. The minimum atomic E-state index is 0.233. The van der Waals surface area contributed by atoms with E-state index in [1.165, 1.54) is 0 Å². The second-order valence-corrected chi connectivity index (χ2v) is 5.26. The van der Waals surface area contributed by atoms with Crippen molar-refractivity contribution in [2.45, 2.75) is 39.3 Å². The van der Waals surface area contributed by atoms with E-state index in [0.717, 1.165) is 18.8 Å². The largest absolute Gasteiger partial charge is 0.470 e. The molecule has 0 saturated carbocycles. The third-order valence-electron chi connectivity index (χ3n) is 2.91. The Kier molecular flexibility index (Phi) is 2.84. The van der Waals surface area contributed by atoms with Crippen molar-refractivity contribution in [3.8, 4) is 5.88 Å². The molecule has 2 rings (SSSR count). The molecular formula is C12H19N3O. The average Bonchev–Trinajstić information content (AvgIpc) is 2.11. The van der Waals surface area contributed by atoms with Crippen molar-refractivity contribution in [1.29, 1.82) is 0 Å². The SMILES string of the molecule is Cc1nccnc1OC1CN(C(C)(C)C)C1. The topological polar surface area (TPSA) is 38.3 Å². The Hall–Kier alpha value is -1.16. The molecule has 0 unspecified atom stereocenters. The van der Waals surface area contributed by atoms with Gasteiger partial charge in [-0.25, -0.2) is 4.98 Å². The van der Waals surface area contributed by atoms with E-state index in [2.05, 4.69) is 35.6 Å². The van der Waals surface area contributed by atoms with E-state index in [9.17, 15) is 0 Å². The lowest BCUT2D eigenvalue weighted by molar-refractivity contribution is -0.0372. The maximum Gasteiger partial charge on any atom is 0.235 e. The zero-order valence-corrected chi connectivity index (χ0v) is 10.4. The smallest absolute Gasteiger partial charge is 0.235 e. The van der Waals surface area contributed by atoms with Crippen LogP contribution in [-0.4, -0.2) is 39.6 Å². The van der Waals surface area contributed by atoms with Gasteiger partial charge in [-0.2, -0.15) is 0 Å². The fourth-order valence-corrected chi connectivity index (χ4v) is 1.73. The summed E-state index contributed by atoms with van der Waals surface area (Å²) in [4.78, 5) is 10.7. The average molecular weight is 221 g/mol. The van der Waals surface area contributed by atoms with Gasteiger partial charge in [0.25, 0.3) is 0 Å². The Labute approximate surface area is 96.7 Å². The highest BCUT2D eigenvalue weighted by molar-refractivity contribution is 5.16. The van der Waals surface area contributed by atoms with Gasteiger partial charge in [0.2, 0.25) is 5.88 Å². The summed E-state index contributed by atoms with van der Waals surface area (Å²) in [6.07, 6.45) is 3.61. The zero-order valence-electron chi connectivity index (χ0n) is 10.4. The number of likely N-dealkylation sites (tertiary alicyclic amines) is 1. The summed E-state index contributed by atoms with van der Waals surface area (Å²) in [6.45, 7) is 10.5. The number of aromatic nitrogens is 2. The first-order chi connectivity index (χ1) is 7.47. The van der Waals surface area contributed by atoms with E-state index in [1.807, 2.05) is 6.92 Å². The van der Waals surface area contributed by atoms with Gasteiger partial charge in [0.1, 0.15) is 6.10 Å². The van der Waals surface area contributed by atoms with Crippen LogP contribution in [0.5, 0.6) is 5.88 Å². The van der Waals surface area contributed by atoms with Gasteiger partial charge in [-0.05, 0) is 27.7 Å². The van der Waals surface area contributed by atoms with E-state index >= 15 is 0 Å². The van der Waals surface area contributed by atoms with Gasteiger partial charge >= 0.3 is 0 Å². The van der Waals surface area contributed by atoms with Gasteiger partial charge in [-0.1, -0.05) is 0 Å². The number of hydrogen-bond acceptors (Lipinski definition) is 4. The van der Waals surface area contributed by atoms with Crippen LogP contribution in [0.3, 0.4) is 0 Å². The third-order valence-corrected chi connectivity index (χ3v) is 2.91. The number of rotatable bonds is 2. The maximum atomic E-state index is 5.79. The zero-order chi connectivity index (χ0) is 11.8. The quantitative estimate of drug-likeness (QED) is 0.761. The van der Waals surface area contributed by atoms with Crippen LogP contribution in [0.1, 0.15) is 26.5 Å². The molecule has 0 aromatic carbocycles. The third kappa shape index (κ3) is 2.32. The molecule has 4 heteroatoms. The summed E-state index contributed by atoms with van der Waals surface area (Å²) in [5.74, 6) is 0.668. The number of nitrogens with zero attached hydrogens (tertiary/aromatic N) is 3. The first-order valence-electron chi connectivity index (χ1n) is 5.66. The summed E-state index contributed by atoms with van der Waals surface area (Å²) in [7, 11) is 0. The van der Waals surface area contributed by atoms with Crippen molar-refractivity contribution in [3.05, 3.63) is 18.1 Å². The van der Waals surface area contributed by atoms with Crippen LogP contribution in [0.4, 0.5) is 0 Å². The second-order valence-electron chi connectivity index (χ2n) is 5.26. The van der Waals surface area contributed by atoms with Gasteiger partial charge in [0.15, 0.2) is 0 Å². The molecule has 0 aliphatic carbocycles. The molecule has 0 radical (unpaired) electrons. The van der Waals surface area contributed by atoms with Crippen molar-refractivity contribution in [2.24, 2.45) is 0 Å². The van der Waals surface area contributed by atoms with E-state index in [0.29, 0.717) is 5.88 Å². The lowest BCUT2D eigenvalue weighted by Gasteiger charge is -2.46. The number of aryl methyl sites for hydroxylation is 1. The van der Waals surface area contributed by atoms with Gasteiger partial charge in [0, 0.05) is 31.0 Å². The van der Waals surface area contributed by atoms with Crippen molar-refractivity contribution in [3.63, 3.8) is 0 Å². The number of ether oxygens (including phenoxy) is 1. The molecule has 0 N–H and O–H groups in total. The molecule has 0 atom stereocenters. The summed E-state index contributed by atoms with van der Waals surface area (Å²) in [6, 6.07) is 0. The Morgan fingerprint density at radius 3 is 2.44 bits per heavy atom. The lowest BCUT2D eigenvalue weighted by atomic mass is 9.99. The van der Waals surface area contributed by atoms with Gasteiger partial charge in [0.05, 0.1) is 5.69 Å². The minimum absolute atomic E-state index is 0.233. The molecule has 1 saturated heterocycles. The van der Waals surface area contributed by atoms with Crippen molar-refractivity contribution < 1.29 is 4.74 Å². The summed E-state index contributed by atoms with van der Waals surface area (Å²) in [5, 5.41) is 0. The fourth-order valence-electron chi connectivity index (χ4n) is 1.73. The fraction of sp³-hybridized carbons (Fsp3) is 0.667. The molecular weight excluding hydrogens is 202 g/mol. The highest BCUT2D eigenvalue weighted by Gasteiger charge is 2.36. The summed E-state index contributed by atoms with van der Waals surface area (Å²) >= 11 is 0. The highest BCUT2D eigenvalue weighted by atomic mass is 16.5. The molecule has 0 spiro atoms.